The fourth-order valence-corrected chi connectivity index (χ4v) is 3.37. The number of anilines is 1. The number of carbonyl (C=O) groups excluding carboxylic acids is 3. The second-order valence-electron chi connectivity index (χ2n) is 7.14. The Hall–Kier alpha value is -3.35. The van der Waals surface area contributed by atoms with Gasteiger partial charge in [0.1, 0.15) is 5.75 Å². The molecule has 7 heteroatoms. The quantitative estimate of drug-likeness (QED) is 0.677. The van der Waals surface area contributed by atoms with E-state index < -0.39 is 11.9 Å². The van der Waals surface area contributed by atoms with E-state index in [1.165, 1.54) is 0 Å². The largest absolute Gasteiger partial charge is 0.494 e. The van der Waals surface area contributed by atoms with Gasteiger partial charge in [-0.2, -0.15) is 0 Å². The highest BCUT2D eigenvalue weighted by Gasteiger charge is 2.36. The summed E-state index contributed by atoms with van der Waals surface area (Å²) in [7, 11) is 0. The first-order valence-corrected chi connectivity index (χ1v) is 10.0. The topological polar surface area (TPSA) is 84.9 Å². The molecule has 0 radical (unpaired) electrons. The van der Waals surface area contributed by atoms with Crippen molar-refractivity contribution in [2.75, 3.05) is 24.7 Å². The van der Waals surface area contributed by atoms with Crippen LogP contribution in [-0.4, -0.2) is 37.5 Å². The number of amides is 2. The fraction of sp³-hybridized carbons (Fsp3) is 0.348. The minimum Gasteiger partial charge on any atom is -0.494 e. The average molecular weight is 410 g/mol. The van der Waals surface area contributed by atoms with Gasteiger partial charge in [-0.3, -0.25) is 14.4 Å². The van der Waals surface area contributed by atoms with Crippen molar-refractivity contribution in [1.82, 2.24) is 5.32 Å². The van der Waals surface area contributed by atoms with Gasteiger partial charge in [-0.05, 0) is 43.7 Å². The molecule has 0 aliphatic carbocycles. The van der Waals surface area contributed by atoms with Gasteiger partial charge in [-0.25, -0.2) is 0 Å². The Kier molecular flexibility index (Phi) is 7.06. The monoisotopic (exact) mass is 410 g/mol. The predicted octanol–water partition coefficient (Wildman–Crippen LogP) is 2.86. The number of hydrogen-bond donors (Lipinski definition) is 1. The summed E-state index contributed by atoms with van der Waals surface area (Å²) in [6.45, 7) is 4.18. The van der Waals surface area contributed by atoms with Gasteiger partial charge >= 0.3 is 5.97 Å². The van der Waals surface area contributed by atoms with Crippen LogP contribution in [0.1, 0.15) is 31.9 Å². The lowest BCUT2D eigenvalue weighted by Crippen LogP contribution is -2.32. The number of esters is 1. The summed E-state index contributed by atoms with van der Waals surface area (Å²) in [4.78, 5) is 38.4. The molecule has 1 aliphatic heterocycles. The first kappa shape index (κ1) is 21.4. The molecular formula is C23H26N2O5. The molecule has 2 atom stereocenters. The molecule has 1 fully saturated rings. The highest BCUT2D eigenvalue weighted by molar-refractivity contribution is 5.99. The van der Waals surface area contributed by atoms with Crippen LogP contribution < -0.4 is 15.0 Å². The number of ether oxygens (including phenoxy) is 2. The van der Waals surface area contributed by atoms with E-state index in [2.05, 4.69) is 5.32 Å². The molecule has 0 spiro atoms. The van der Waals surface area contributed by atoms with E-state index in [4.69, 9.17) is 9.47 Å². The fourth-order valence-electron chi connectivity index (χ4n) is 3.37. The molecule has 1 saturated heterocycles. The van der Waals surface area contributed by atoms with E-state index in [-0.39, 0.29) is 37.4 Å². The molecular weight excluding hydrogens is 384 g/mol. The molecule has 30 heavy (non-hydrogen) atoms. The normalized spacial score (nSPS) is 16.8. The van der Waals surface area contributed by atoms with Crippen LogP contribution in [0.4, 0.5) is 5.69 Å². The predicted molar refractivity (Wildman–Crippen MR) is 112 cm³/mol. The SMILES string of the molecule is CCOc1ccc(N2C[C@H](C(=O)OCC(=O)N[C@@H](C)c3ccccc3)CC2=O)cc1. The number of benzene rings is 2. The van der Waals surface area contributed by atoms with Crippen LogP contribution in [-0.2, 0) is 19.1 Å². The molecule has 1 heterocycles. The smallest absolute Gasteiger partial charge is 0.311 e. The van der Waals surface area contributed by atoms with Gasteiger partial charge in [0.05, 0.1) is 18.6 Å². The molecule has 1 aliphatic rings. The van der Waals surface area contributed by atoms with Gasteiger partial charge in [0, 0.05) is 18.7 Å². The molecule has 0 unspecified atom stereocenters. The van der Waals surface area contributed by atoms with E-state index in [1.54, 1.807) is 29.2 Å². The van der Waals surface area contributed by atoms with Gasteiger partial charge in [-0.15, -0.1) is 0 Å². The molecule has 2 amide bonds. The molecule has 2 aromatic rings. The standard InChI is InChI=1S/C23H26N2O5/c1-3-29-20-11-9-19(10-12-20)25-14-18(13-22(25)27)23(28)30-15-21(26)24-16(2)17-7-5-4-6-8-17/h4-12,16,18H,3,13-15H2,1-2H3,(H,24,26)/t16-,18+/m0/s1. The number of hydrogen-bond acceptors (Lipinski definition) is 5. The molecule has 0 aromatic heterocycles. The zero-order chi connectivity index (χ0) is 21.5. The minimum atomic E-state index is -0.594. The van der Waals surface area contributed by atoms with Gasteiger partial charge in [0.25, 0.3) is 5.91 Å². The van der Waals surface area contributed by atoms with Crippen molar-refractivity contribution in [3.05, 3.63) is 60.2 Å². The second-order valence-corrected chi connectivity index (χ2v) is 7.14. The van der Waals surface area contributed by atoms with Crippen LogP contribution in [0.3, 0.4) is 0 Å². The molecule has 0 bridgehead atoms. The van der Waals surface area contributed by atoms with Crippen molar-refractivity contribution in [2.24, 2.45) is 5.92 Å². The van der Waals surface area contributed by atoms with Crippen LogP contribution >= 0.6 is 0 Å². The van der Waals surface area contributed by atoms with Gasteiger partial charge in [-0.1, -0.05) is 30.3 Å². The van der Waals surface area contributed by atoms with E-state index in [9.17, 15) is 14.4 Å². The Balaban J connectivity index is 1.49. The Morgan fingerprint density at radius 3 is 2.50 bits per heavy atom. The minimum absolute atomic E-state index is 0.0636. The van der Waals surface area contributed by atoms with Crippen LogP contribution in [0, 0.1) is 5.92 Å². The van der Waals surface area contributed by atoms with Gasteiger partial charge in [0.15, 0.2) is 6.61 Å². The lowest BCUT2D eigenvalue weighted by atomic mass is 10.1. The van der Waals surface area contributed by atoms with E-state index in [0.717, 1.165) is 11.3 Å². The summed E-state index contributed by atoms with van der Waals surface area (Å²) in [5.74, 6) is -0.946. The summed E-state index contributed by atoms with van der Waals surface area (Å²) < 4.78 is 10.6. The van der Waals surface area contributed by atoms with Crippen molar-refractivity contribution >= 4 is 23.5 Å². The van der Waals surface area contributed by atoms with E-state index >= 15 is 0 Å². The highest BCUT2D eigenvalue weighted by Crippen LogP contribution is 2.27. The highest BCUT2D eigenvalue weighted by atomic mass is 16.5. The van der Waals surface area contributed by atoms with Crippen molar-refractivity contribution in [3.63, 3.8) is 0 Å². The average Bonchev–Trinajstić information content (AvgIpc) is 3.15. The van der Waals surface area contributed by atoms with Crippen LogP contribution in [0.15, 0.2) is 54.6 Å². The Morgan fingerprint density at radius 2 is 1.83 bits per heavy atom. The molecule has 7 nitrogen and oxygen atoms in total. The molecule has 2 aromatic carbocycles. The first-order chi connectivity index (χ1) is 14.5. The van der Waals surface area contributed by atoms with E-state index in [0.29, 0.717) is 12.3 Å². The van der Waals surface area contributed by atoms with Crippen molar-refractivity contribution < 1.29 is 23.9 Å². The maximum Gasteiger partial charge on any atom is 0.311 e. The van der Waals surface area contributed by atoms with Crippen LogP contribution in [0.5, 0.6) is 5.75 Å². The summed E-state index contributed by atoms with van der Waals surface area (Å²) >= 11 is 0. The molecule has 158 valence electrons. The summed E-state index contributed by atoms with van der Waals surface area (Å²) in [6.07, 6.45) is 0.0636. The number of nitrogens with one attached hydrogen (secondary N) is 1. The van der Waals surface area contributed by atoms with Crippen LogP contribution in [0.2, 0.25) is 0 Å². The number of nitrogens with zero attached hydrogens (tertiary/aromatic N) is 1. The van der Waals surface area contributed by atoms with Gasteiger partial charge in [0.2, 0.25) is 5.91 Å². The maximum atomic E-state index is 12.4. The molecule has 1 N–H and O–H groups in total. The Bertz CT molecular complexity index is 882. The lowest BCUT2D eigenvalue weighted by molar-refractivity contribution is -0.152. The third-order valence-electron chi connectivity index (χ3n) is 4.94. The van der Waals surface area contributed by atoms with E-state index in [1.807, 2.05) is 44.2 Å². The zero-order valence-electron chi connectivity index (χ0n) is 17.2. The van der Waals surface area contributed by atoms with Gasteiger partial charge < -0.3 is 19.7 Å². The lowest BCUT2D eigenvalue weighted by Gasteiger charge is -2.17. The third-order valence-corrected chi connectivity index (χ3v) is 4.94. The summed E-state index contributed by atoms with van der Waals surface area (Å²) in [5.41, 5.74) is 1.66. The van der Waals surface area contributed by atoms with Crippen molar-refractivity contribution in [3.8, 4) is 5.75 Å². The molecule has 3 rings (SSSR count). The zero-order valence-corrected chi connectivity index (χ0v) is 17.2. The van der Waals surface area contributed by atoms with Crippen molar-refractivity contribution in [2.45, 2.75) is 26.3 Å². The molecule has 0 saturated carbocycles. The summed E-state index contributed by atoms with van der Waals surface area (Å²) in [5, 5.41) is 2.80. The number of carbonyl (C=O) groups is 3. The van der Waals surface area contributed by atoms with Crippen molar-refractivity contribution in [1.29, 1.82) is 0 Å². The third kappa shape index (κ3) is 5.37. The summed E-state index contributed by atoms with van der Waals surface area (Å²) in [6, 6.07) is 16.5. The number of rotatable bonds is 8. The Morgan fingerprint density at radius 1 is 1.13 bits per heavy atom. The second kappa shape index (κ2) is 9.91. The first-order valence-electron chi connectivity index (χ1n) is 10.0. The van der Waals surface area contributed by atoms with Crippen LogP contribution in [0.25, 0.3) is 0 Å². The Labute approximate surface area is 176 Å². The maximum absolute atomic E-state index is 12.4.